The van der Waals surface area contributed by atoms with Crippen LogP contribution < -0.4 is 5.73 Å². The van der Waals surface area contributed by atoms with Gasteiger partial charge in [0.2, 0.25) is 0 Å². The van der Waals surface area contributed by atoms with Gasteiger partial charge >= 0.3 is 0 Å². The van der Waals surface area contributed by atoms with Crippen LogP contribution in [-0.2, 0) is 13.0 Å². The van der Waals surface area contributed by atoms with Crippen molar-refractivity contribution < 1.29 is 0 Å². The predicted octanol–water partition coefficient (Wildman–Crippen LogP) is 2.81. The van der Waals surface area contributed by atoms with Gasteiger partial charge in [0.15, 0.2) is 0 Å². The second-order valence-corrected chi connectivity index (χ2v) is 6.05. The van der Waals surface area contributed by atoms with Gasteiger partial charge in [-0.25, -0.2) is 0 Å². The van der Waals surface area contributed by atoms with Crippen LogP contribution in [0.1, 0.15) is 37.8 Å². The molecule has 1 aliphatic rings. The third kappa shape index (κ3) is 4.11. The van der Waals surface area contributed by atoms with Crippen LogP contribution in [0.15, 0.2) is 24.3 Å². The average molecular weight is 246 g/mol. The molecule has 2 rings (SSSR count). The fourth-order valence-corrected chi connectivity index (χ4v) is 2.75. The standard InChI is InChI=1S/C16H26N2/c1-13(2)10-14-5-7-15(8-6-14)11-18-9-3-4-16(17)12-18/h5-8,13,16H,3-4,9-12,17H2,1-2H3/t16-/m1/s1. The van der Waals surface area contributed by atoms with E-state index in [1.54, 1.807) is 0 Å². The molecule has 1 aliphatic heterocycles. The maximum absolute atomic E-state index is 6.02. The summed E-state index contributed by atoms with van der Waals surface area (Å²) in [5.41, 5.74) is 8.88. The molecule has 0 aliphatic carbocycles. The molecule has 0 unspecified atom stereocenters. The first-order valence-corrected chi connectivity index (χ1v) is 7.19. The number of nitrogens with two attached hydrogens (primary N) is 1. The van der Waals surface area contributed by atoms with Crippen molar-refractivity contribution in [1.29, 1.82) is 0 Å². The van der Waals surface area contributed by atoms with Crippen LogP contribution in [0.5, 0.6) is 0 Å². The zero-order valence-corrected chi connectivity index (χ0v) is 11.7. The van der Waals surface area contributed by atoms with E-state index in [0.29, 0.717) is 6.04 Å². The number of nitrogens with zero attached hydrogens (tertiary/aromatic N) is 1. The molecule has 100 valence electrons. The van der Waals surface area contributed by atoms with E-state index < -0.39 is 0 Å². The minimum absolute atomic E-state index is 0.374. The van der Waals surface area contributed by atoms with Gasteiger partial charge in [0.25, 0.3) is 0 Å². The topological polar surface area (TPSA) is 29.3 Å². The molecule has 0 spiro atoms. The normalized spacial score (nSPS) is 21.4. The molecule has 1 heterocycles. The monoisotopic (exact) mass is 246 g/mol. The predicted molar refractivity (Wildman–Crippen MR) is 77.5 cm³/mol. The summed E-state index contributed by atoms with van der Waals surface area (Å²) in [7, 11) is 0. The lowest BCUT2D eigenvalue weighted by Gasteiger charge is -2.30. The lowest BCUT2D eigenvalue weighted by atomic mass is 10.0. The van der Waals surface area contributed by atoms with Crippen LogP contribution in [0.25, 0.3) is 0 Å². The Morgan fingerprint density at radius 2 is 1.89 bits per heavy atom. The first kappa shape index (κ1) is 13.6. The summed E-state index contributed by atoms with van der Waals surface area (Å²) in [6.45, 7) is 7.83. The van der Waals surface area contributed by atoms with Crippen LogP contribution in [0.3, 0.4) is 0 Å². The Bertz CT molecular complexity index is 356. The highest BCUT2D eigenvalue weighted by Gasteiger charge is 2.16. The summed E-state index contributed by atoms with van der Waals surface area (Å²) < 4.78 is 0. The van der Waals surface area contributed by atoms with Gasteiger partial charge in [0, 0.05) is 19.1 Å². The smallest absolute Gasteiger partial charge is 0.0234 e. The van der Waals surface area contributed by atoms with Crippen LogP contribution in [-0.4, -0.2) is 24.0 Å². The summed E-state index contributed by atoms with van der Waals surface area (Å²) >= 11 is 0. The minimum atomic E-state index is 0.374. The Hall–Kier alpha value is -0.860. The average Bonchev–Trinajstić information content (AvgIpc) is 2.31. The molecule has 1 aromatic carbocycles. The lowest BCUT2D eigenvalue weighted by molar-refractivity contribution is 0.201. The van der Waals surface area contributed by atoms with E-state index in [0.717, 1.165) is 19.0 Å². The van der Waals surface area contributed by atoms with E-state index in [2.05, 4.69) is 43.0 Å². The highest BCUT2D eigenvalue weighted by atomic mass is 15.1. The highest BCUT2D eigenvalue weighted by Crippen LogP contribution is 2.14. The number of rotatable bonds is 4. The molecule has 2 heteroatoms. The summed E-state index contributed by atoms with van der Waals surface area (Å²) in [5.74, 6) is 0.732. The van der Waals surface area contributed by atoms with Crippen molar-refractivity contribution in [3.8, 4) is 0 Å². The number of hydrogen-bond donors (Lipinski definition) is 1. The quantitative estimate of drug-likeness (QED) is 0.885. The Labute approximate surface area is 111 Å². The van der Waals surface area contributed by atoms with E-state index in [4.69, 9.17) is 5.73 Å². The zero-order chi connectivity index (χ0) is 13.0. The molecule has 2 N–H and O–H groups in total. The number of likely N-dealkylation sites (tertiary alicyclic amines) is 1. The Balaban J connectivity index is 1.89. The first-order valence-electron chi connectivity index (χ1n) is 7.19. The second-order valence-electron chi connectivity index (χ2n) is 6.05. The summed E-state index contributed by atoms with van der Waals surface area (Å²) in [4.78, 5) is 2.48. The highest BCUT2D eigenvalue weighted by molar-refractivity contribution is 5.22. The maximum atomic E-state index is 6.02. The van der Waals surface area contributed by atoms with E-state index in [9.17, 15) is 0 Å². The Morgan fingerprint density at radius 1 is 1.22 bits per heavy atom. The van der Waals surface area contributed by atoms with Crippen molar-refractivity contribution in [2.45, 2.75) is 45.7 Å². The molecule has 1 saturated heterocycles. The van der Waals surface area contributed by atoms with Crippen molar-refractivity contribution in [3.63, 3.8) is 0 Å². The molecule has 0 aromatic heterocycles. The van der Waals surface area contributed by atoms with Gasteiger partial charge in [0.1, 0.15) is 0 Å². The molecule has 0 saturated carbocycles. The van der Waals surface area contributed by atoms with Crippen molar-refractivity contribution in [3.05, 3.63) is 35.4 Å². The minimum Gasteiger partial charge on any atom is -0.327 e. The van der Waals surface area contributed by atoms with Gasteiger partial charge in [0.05, 0.1) is 0 Å². The van der Waals surface area contributed by atoms with E-state index in [1.165, 1.54) is 36.9 Å². The summed E-state index contributed by atoms with van der Waals surface area (Å²) in [6.07, 6.45) is 3.60. The second kappa shape index (κ2) is 6.35. The lowest BCUT2D eigenvalue weighted by Crippen LogP contribution is -2.42. The molecular weight excluding hydrogens is 220 g/mol. The van der Waals surface area contributed by atoms with Gasteiger partial charge in [-0.2, -0.15) is 0 Å². The SMILES string of the molecule is CC(C)Cc1ccc(CN2CCC[C@@H](N)C2)cc1. The van der Waals surface area contributed by atoms with Crippen molar-refractivity contribution in [2.75, 3.05) is 13.1 Å². The molecule has 2 nitrogen and oxygen atoms in total. The van der Waals surface area contributed by atoms with E-state index in [1.807, 2.05) is 0 Å². The van der Waals surface area contributed by atoms with Crippen LogP contribution in [0, 0.1) is 5.92 Å². The Kier molecular flexibility index (Phi) is 4.79. The molecule has 1 atom stereocenters. The van der Waals surface area contributed by atoms with Crippen molar-refractivity contribution in [2.24, 2.45) is 11.7 Å². The number of piperidine rings is 1. The van der Waals surface area contributed by atoms with Gasteiger partial charge < -0.3 is 5.73 Å². The maximum Gasteiger partial charge on any atom is 0.0234 e. The molecule has 0 amide bonds. The van der Waals surface area contributed by atoms with Gasteiger partial charge in [-0.1, -0.05) is 38.1 Å². The Morgan fingerprint density at radius 3 is 2.50 bits per heavy atom. The van der Waals surface area contributed by atoms with E-state index in [-0.39, 0.29) is 0 Å². The molecule has 0 radical (unpaired) electrons. The third-order valence-corrected chi connectivity index (χ3v) is 3.62. The molecule has 0 bridgehead atoms. The molecular formula is C16H26N2. The van der Waals surface area contributed by atoms with Crippen LogP contribution in [0.4, 0.5) is 0 Å². The van der Waals surface area contributed by atoms with Gasteiger partial charge in [-0.3, -0.25) is 4.90 Å². The zero-order valence-electron chi connectivity index (χ0n) is 11.7. The van der Waals surface area contributed by atoms with Crippen molar-refractivity contribution >= 4 is 0 Å². The van der Waals surface area contributed by atoms with Crippen LogP contribution in [0.2, 0.25) is 0 Å². The fourth-order valence-electron chi connectivity index (χ4n) is 2.75. The fraction of sp³-hybridized carbons (Fsp3) is 0.625. The van der Waals surface area contributed by atoms with Gasteiger partial charge in [-0.05, 0) is 42.9 Å². The molecule has 1 fully saturated rings. The van der Waals surface area contributed by atoms with Gasteiger partial charge in [-0.15, -0.1) is 0 Å². The van der Waals surface area contributed by atoms with Crippen molar-refractivity contribution in [1.82, 2.24) is 4.90 Å². The molecule has 18 heavy (non-hydrogen) atoms. The number of benzene rings is 1. The largest absolute Gasteiger partial charge is 0.327 e. The summed E-state index contributed by atoms with van der Waals surface area (Å²) in [5, 5.41) is 0. The van der Waals surface area contributed by atoms with Crippen LogP contribution >= 0.6 is 0 Å². The molecule has 1 aromatic rings. The first-order chi connectivity index (χ1) is 8.63. The van der Waals surface area contributed by atoms with E-state index >= 15 is 0 Å². The third-order valence-electron chi connectivity index (χ3n) is 3.62. The summed E-state index contributed by atoms with van der Waals surface area (Å²) in [6, 6.07) is 9.48. The number of hydrogen-bond acceptors (Lipinski definition) is 2.